The lowest BCUT2D eigenvalue weighted by atomic mass is 10.1. The van der Waals surface area contributed by atoms with Gasteiger partial charge in [-0.15, -0.1) is 0 Å². The molecular formula is C20H20N4O2. The summed E-state index contributed by atoms with van der Waals surface area (Å²) in [6.07, 6.45) is 5.90. The molecule has 4 rings (SSSR count). The number of ether oxygens (including phenoxy) is 1. The lowest BCUT2D eigenvalue weighted by Crippen LogP contribution is -2.32. The molecule has 1 aliphatic heterocycles. The summed E-state index contributed by atoms with van der Waals surface area (Å²) in [5, 5.41) is 7.62. The number of benzene rings is 1. The Kier molecular flexibility index (Phi) is 4.75. The van der Waals surface area contributed by atoms with E-state index in [-0.39, 0.29) is 12.0 Å². The fourth-order valence-corrected chi connectivity index (χ4v) is 3.12. The molecule has 6 nitrogen and oxygen atoms in total. The van der Waals surface area contributed by atoms with Crippen LogP contribution in [0.25, 0.3) is 0 Å². The average molecular weight is 348 g/mol. The van der Waals surface area contributed by atoms with Crippen molar-refractivity contribution in [2.75, 3.05) is 13.2 Å². The maximum atomic E-state index is 12.2. The van der Waals surface area contributed by atoms with E-state index in [1.807, 2.05) is 22.9 Å². The van der Waals surface area contributed by atoms with E-state index < -0.39 is 0 Å². The number of carbonyl (C=O) groups is 1. The normalized spacial score (nSPS) is 16.1. The first-order valence-electron chi connectivity index (χ1n) is 8.69. The standard InChI is InChI=1S/C20H20N4O2/c25-20(16-7-4-9-21-11-16)22-12-18-19-17(8-10-26-18)14-24(23-19)13-15-5-2-1-3-6-15/h1-7,9,11,14,18H,8,10,12-13H2,(H,22,25)/t18-/m0/s1. The number of rotatable bonds is 5. The average Bonchev–Trinajstić information content (AvgIpc) is 3.10. The Bertz CT molecular complexity index is 877. The molecule has 1 aliphatic rings. The Labute approximate surface area is 151 Å². The van der Waals surface area contributed by atoms with Crippen LogP contribution in [0.2, 0.25) is 0 Å². The van der Waals surface area contributed by atoms with Crippen molar-refractivity contribution in [1.82, 2.24) is 20.1 Å². The second-order valence-electron chi connectivity index (χ2n) is 6.28. The van der Waals surface area contributed by atoms with Gasteiger partial charge in [-0.3, -0.25) is 14.5 Å². The van der Waals surface area contributed by atoms with Gasteiger partial charge in [-0.25, -0.2) is 0 Å². The number of pyridine rings is 1. The fraction of sp³-hybridized carbons (Fsp3) is 0.250. The summed E-state index contributed by atoms with van der Waals surface area (Å²) in [4.78, 5) is 16.2. The van der Waals surface area contributed by atoms with E-state index in [1.165, 1.54) is 11.1 Å². The molecule has 0 fully saturated rings. The van der Waals surface area contributed by atoms with Crippen LogP contribution >= 0.6 is 0 Å². The van der Waals surface area contributed by atoms with E-state index in [0.717, 1.165) is 18.7 Å². The Balaban J connectivity index is 1.44. The predicted octanol–water partition coefficient (Wildman–Crippen LogP) is 2.37. The largest absolute Gasteiger partial charge is 0.370 e. The minimum Gasteiger partial charge on any atom is -0.370 e. The van der Waals surface area contributed by atoms with Gasteiger partial charge in [-0.05, 0) is 29.7 Å². The highest BCUT2D eigenvalue weighted by Crippen LogP contribution is 2.25. The topological polar surface area (TPSA) is 69.0 Å². The van der Waals surface area contributed by atoms with Gasteiger partial charge >= 0.3 is 0 Å². The molecule has 26 heavy (non-hydrogen) atoms. The van der Waals surface area contributed by atoms with E-state index >= 15 is 0 Å². The van der Waals surface area contributed by atoms with Crippen LogP contribution in [0, 0.1) is 0 Å². The van der Waals surface area contributed by atoms with Gasteiger partial charge in [0.2, 0.25) is 0 Å². The van der Waals surface area contributed by atoms with Gasteiger partial charge in [0.05, 0.1) is 24.4 Å². The molecule has 1 aromatic carbocycles. The number of nitrogens with one attached hydrogen (secondary N) is 1. The highest BCUT2D eigenvalue weighted by molar-refractivity contribution is 5.93. The number of nitrogens with zero attached hydrogens (tertiary/aromatic N) is 3. The van der Waals surface area contributed by atoms with Gasteiger partial charge in [0.1, 0.15) is 6.10 Å². The molecule has 1 N–H and O–H groups in total. The predicted molar refractivity (Wildman–Crippen MR) is 96.7 cm³/mol. The second-order valence-corrected chi connectivity index (χ2v) is 6.28. The first-order chi connectivity index (χ1) is 12.8. The molecule has 0 saturated heterocycles. The molecule has 0 spiro atoms. The number of fused-ring (bicyclic) bond motifs is 1. The minimum atomic E-state index is -0.226. The lowest BCUT2D eigenvalue weighted by molar-refractivity contribution is 0.0383. The van der Waals surface area contributed by atoms with E-state index in [2.05, 4.69) is 28.6 Å². The van der Waals surface area contributed by atoms with E-state index in [9.17, 15) is 4.79 Å². The monoisotopic (exact) mass is 348 g/mol. The third kappa shape index (κ3) is 3.65. The number of hydrogen-bond donors (Lipinski definition) is 1. The van der Waals surface area contributed by atoms with Crippen LogP contribution in [0.1, 0.15) is 33.3 Å². The zero-order valence-corrected chi connectivity index (χ0v) is 14.3. The van der Waals surface area contributed by atoms with Crippen LogP contribution in [0.15, 0.2) is 61.1 Å². The van der Waals surface area contributed by atoms with Gasteiger partial charge in [-0.1, -0.05) is 30.3 Å². The molecular weight excluding hydrogens is 328 g/mol. The highest BCUT2D eigenvalue weighted by Gasteiger charge is 2.25. The van der Waals surface area contributed by atoms with Gasteiger partial charge in [-0.2, -0.15) is 5.10 Å². The van der Waals surface area contributed by atoms with Crippen molar-refractivity contribution in [2.45, 2.75) is 19.1 Å². The van der Waals surface area contributed by atoms with Gasteiger partial charge < -0.3 is 10.1 Å². The summed E-state index contributed by atoms with van der Waals surface area (Å²) in [6, 6.07) is 13.7. The van der Waals surface area contributed by atoms with E-state index in [0.29, 0.717) is 18.7 Å². The quantitative estimate of drug-likeness (QED) is 0.769. The van der Waals surface area contributed by atoms with E-state index in [4.69, 9.17) is 9.84 Å². The van der Waals surface area contributed by atoms with Crippen molar-refractivity contribution in [2.24, 2.45) is 0 Å². The summed E-state index contributed by atoms with van der Waals surface area (Å²) >= 11 is 0. The molecule has 3 aromatic rings. The third-order valence-corrected chi connectivity index (χ3v) is 4.42. The van der Waals surface area contributed by atoms with Gasteiger partial charge in [0.25, 0.3) is 5.91 Å². The zero-order chi connectivity index (χ0) is 17.8. The molecule has 1 atom stereocenters. The molecule has 2 aromatic heterocycles. The SMILES string of the molecule is O=C(NC[C@@H]1OCCc2cn(Cc3ccccc3)nc21)c1cccnc1. The zero-order valence-electron chi connectivity index (χ0n) is 14.3. The summed E-state index contributed by atoms with van der Waals surface area (Å²) < 4.78 is 7.80. The number of carbonyl (C=O) groups excluding carboxylic acids is 1. The maximum Gasteiger partial charge on any atom is 0.252 e. The molecule has 6 heteroatoms. The molecule has 0 bridgehead atoms. The molecule has 0 saturated carbocycles. The first-order valence-corrected chi connectivity index (χ1v) is 8.69. The number of amides is 1. The third-order valence-electron chi connectivity index (χ3n) is 4.42. The first kappa shape index (κ1) is 16.5. The van der Waals surface area contributed by atoms with Crippen LogP contribution in [0.4, 0.5) is 0 Å². The second kappa shape index (κ2) is 7.49. The Hall–Kier alpha value is -2.99. The molecule has 0 radical (unpaired) electrons. The van der Waals surface area contributed by atoms with Gasteiger partial charge in [0, 0.05) is 25.1 Å². The molecule has 0 unspecified atom stereocenters. The van der Waals surface area contributed by atoms with Crippen LogP contribution in [0.5, 0.6) is 0 Å². The lowest BCUT2D eigenvalue weighted by Gasteiger charge is -2.22. The summed E-state index contributed by atoms with van der Waals surface area (Å²) in [5.74, 6) is -0.155. The van der Waals surface area contributed by atoms with Crippen LogP contribution in [0.3, 0.4) is 0 Å². The van der Waals surface area contributed by atoms with Crippen molar-refractivity contribution in [1.29, 1.82) is 0 Å². The Morgan fingerprint density at radius 1 is 1.23 bits per heavy atom. The Morgan fingerprint density at radius 3 is 2.92 bits per heavy atom. The van der Waals surface area contributed by atoms with Crippen molar-refractivity contribution in [3.8, 4) is 0 Å². The highest BCUT2D eigenvalue weighted by atomic mass is 16.5. The maximum absolute atomic E-state index is 12.2. The number of hydrogen-bond acceptors (Lipinski definition) is 4. The minimum absolute atomic E-state index is 0.155. The number of aromatic nitrogens is 3. The fourth-order valence-electron chi connectivity index (χ4n) is 3.12. The molecule has 0 aliphatic carbocycles. The van der Waals surface area contributed by atoms with Crippen LogP contribution in [-0.4, -0.2) is 33.8 Å². The van der Waals surface area contributed by atoms with Crippen LogP contribution in [-0.2, 0) is 17.7 Å². The Morgan fingerprint density at radius 2 is 2.12 bits per heavy atom. The summed E-state index contributed by atoms with van der Waals surface area (Å²) in [7, 11) is 0. The summed E-state index contributed by atoms with van der Waals surface area (Å²) in [5.41, 5.74) is 3.85. The van der Waals surface area contributed by atoms with Gasteiger partial charge in [0.15, 0.2) is 0 Å². The van der Waals surface area contributed by atoms with Crippen molar-refractivity contribution >= 4 is 5.91 Å². The molecule has 1 amide bonds. The van der Waals surface area contributed by atoms with Crippen LogP contribution < -0.4 is 5.32 Å². The molecule has 132 valence electrons. The van der Waals surface area contributed by atoms with Crippen molar-refractivity contribution in [3.05, 3.63) is 83.4 Å². The van der Waals surface area contributed by atoms with Crippen molar-refractivity contribution in [3.63, 3.8) is 0 Å². The van der Waals surface area contributed by atoms with E-state index in [1.54, 1.807) is 24.5 Å². The molecule has 3 heterocycles. The summed E-state index contributed by atoms with van der Waals surface area (Å²) in [6.45, 7) is 1.75. The van der Waals surface area contributed by atoms with Crippen molar-refractivity contribution < 1.29 is 9.53 Å². The smallest absolute Gasteiger partial charge is 0.252 e.